The van der Waals surface area contributed by atoms with Gasteiger partial charge in [0, 0.05) is 6.07 Å². The van der Waals surface area contributed by atoms with Crippen LogP contribution in [0.4, 0.5) is 22.4 Å². The molecule has 2 rings (SSSR count). The van der Waals surface area contributed by atoms with Crippen molar-refractivity contribution in [3.63, 3.8) is 0 Å². The van der Waals surface area contributed by atoms with E-state index in [0.717, 1.165) is 17.7 Å². The SMILES string of the molecule is O=C(NCC#Cc1ccc(OC(F)(F)F)cc1F)OCc1ccccc1. The first-order valence-electron chi connectivity index (χ1n) is 7.32. The number of ether oxygens (including phenoxy) is 2. The smallest absolute Gasteiger partial charge is 0.445 e. The van der Waals surface area contributed by atoms with Crippen molar-refractivity contribution in [2.75, 3.05) is 6.54 Å². The highest BCUT2D eigenvalue weighted by Gasteiger charge is 2.31. The summed E-state index contributed by atoms with van der Waals surface area (Å²) in [5.74, 6) is 3.23. The number of carbonyl (C=O) groups is 1. The number of hydrogen-bond acceptors (Lipinski definition) is 3. The molecule has 0 bridgehead atoms. The Kier molecular flexibility index (Phi) is 6.44. The van der Waals surface area contributed by atoms with Crippen molar-refractivity contribution in [1.82, 2.24) is 5.32 Å². The Morgan fingerprint density at radius 3 is 2.50 bits per heavy atom. The van der Waals surface area contributed by atoms with Crippen molar-refractivity contribution in [3.05, 3.63) is 65.5 Å². The first kappa shape index (κ1) is 19.1. The molecule has 2 aromatic carbocycles. The van der Waals surface area contributed by atoms with Crippen LogP contribution in [0.2, 0.25) is 0 Å². The molecule has 1 N–H and O–H groups in total. The summed E-state index contributed by atoms with van der Waals surface area (Å²) in [5.41, 5.74) is 0.691. The summed E-state index contributed by atoms with van der Waals surface area (Å²) in [5, 5.41) is 2.35. The Morgan fingerprint density at radius 2 is 1.85 bits per heavy atom. The number of halogens is 4. The number of hydrogen-bond donors (Lipinski definition) is 1. The van der Waals surface area contributed by atoms with E-state index in [-0.39, 0.29) is 18.7 Å². The average molecular weight is 367 g/mol. The zero-order valence-electron chi connectivity index (χ0n) is 13.3. The summed E-state index contributed by atoms with van der Waals surface area (Å²) < 4.78 is 58.3. The molecule has 0 aliphatic carbocycles. The van der Waals surface area contributed by atoms with Crippen LogP contribution < -0.4 is 10.1 Å². The number of benzene rings is 2. The van der Waals surface area contributed by atoms with Crippen LogP contribution in [0.3, 0.4) is 0 Å². The summed E-state index contributed by atoms with van der Waals surface area (Å²) in [4.78, 5) is 11.5. The van der Waals surface area contributed by atoms with E-state index in [0.29, 0.717) is 6.07 Å². The van der Waals surface area contributed by atoms with Gasteiger partial charge in [0.1, 0.15) is 18.2 Å². The Hall–Kier alpha value is -3.21. The molecule has 0 saturated carbocycles. The van der Waals surface area contributed by atoms with Crippen LogP contribution in [0.5, 0.6) is 5.75 Å². The fourth-order valence-electron chi connectivity index (χ4n) is 1.82. The molecular weight excluding hydrogens is 354 g/mol. The highest BCUT2D eigenvalue weighted by Crippen LogP contribution is 2.24. The molecular formula is C18H13F4NO3. The molecule has 0 aliphatic heterocycles. The third kappa shape index (κ3) is 6.73. The minimum atomic E-state index is -4.90. The van der Waals surface area contributed by atoms with Gasteiger partial charge in [-0.2, -0.15) is 0 Å². The fourth-order valence-corrected chi connectivity index (χ4v) is 1.82. The monoisotopic (exact) mass is 367 g/mol. The molecule has 0 aliphatic rings. The highest BCUT2D eigenvalue weighted by atomic mass is 19.4. The molecule has 2 aromatic rings. The summed E-state index contributed by atoms with van der Waals surface area (Å²) in [6, 6.07) is 11.6. The molecule has 0 spiro atoms. The number of alkyl halides is 3. The van der Waals surface area contributed by atoms with Crippen LogP contribution in [0.25, 0.3) is 0 Å². The summed E-state index contributed by atoms with van der Waals surface area (Å²) in [6.07, 6.45) is -5.60. The van der Waals surface area contributed by atoms with Gasteiger partial charge in [0.2, 0.25) is 0 Å². The number of amides is 1. The number of alkyl carbamates (subject to hydrolysis) is 1. The molecule has 26 heavy (non-hydrogen) atoms. The first-order valence-corrected chi connectivity index (χ1v) is 7.32. The number of nitrogens with one attached hydrogen (secondary N) is 1. The lowest BCUT2D eigenvalue weighted by atomic mass is 10.2. The van der Waals surface area contributed by atoms with Gasteiger partial charge < -0.3 is 14.8 Å². The van der Waals surface area contributed by atoms with Crippen molar-refractivity contribution in [2.45, 2.75) is 13.0 Å². The average Bonchev–Trinajstić information content (AvgIpc) is 2.58. The number of rotatable bonds is 4. The van der Waals surface area contributed by atoms with Gasteiger partial charge in [-0.3, -0.25) is 0 Å². The predicted molar refractivity (Wildman–Crippen MR) is 84.6 cm³/mol. The zero-order valence-corrected chi connectivity index (χ0v) is 13.3. The van der Waals surface area contributed by atoms with E-state index in [2.05, 4.69) is 21.9 Å². The van der Waals surface area contributed by atoms with Gasteiger partial charge >= 0.3 is 12.5 Å². The van der Waals surface area contributed by atoms with Crippen molar-refractivity contribution in [2.24, 2.45) is 0 Å². The van der Waals surface area contributed by atoms with Crippen molar-refractivity contribution < 1.29 is 31.8 Å². The van der Waals surface area contributed by atoms with Crippen molar-refractivity contribution in [1.29, 1.82) is 0 Å². The number of carbonyl (C=O) groups excluding carboxylic acids is 1. The van der Waals surface area contributed by atoms with Crippen LogP contribution in [-0.2, 0) is 11.3 Å². The summed E-state index contributed by atoms with van der Waals surface area (Å²) >= 11 is 0. The molecule has 0 atom stereocenters. The van der Waals surface area contributed by atoms with Crippen LogP contribution in [0.1, 0.15) is 11.1 Å². The van der Waals surface area contributed by atoms with Crippen molar-refractivity contribution >= 4 is 6.09 Å². The Labute approximate surface area is 146 Å². The van der Waals surface area contributed by atoms with Gasteiger partial charge in [0.25, 0.3) is 0 Å². The minimum Gasteiger partial charge on any atom is -0.445 e. The molecule has 0 saturated heterocycles. The second kappa shape index (κ2) is 8.76. The maximum absolute atomic E-state index is 13.7. The van der Waals surface area contributed by atoms with Crippen LogP contribution >= 0.6 is 0 Å². The highest BCUT2D eigenvalue weighted by molar-refractivity contribution is 5.67. The molecule has 0 radical (unpaired) electrons. The second-order valence-corrected chi connectivity index (χ2v) is 4.91. The molecule has 1 amide bonds. The van der Waals surface area contributed by atoms with Crippen LogP contribution in [-0.4, -0.2) is 19.0 Å². The van der Waals surface area contributed by atoms with Gasteiger partial charge in [-0.1, -0.05) is 42.2 Å². The van der Waals surface area contributed by atoms with Gasteiger partial charge in [-0.25, -0.2) is 9.18 Å². The van der Waals surface area contributed by atoms with Crippen molar-refractivity contribution in [3.8, 4) is 17.6 Å². The summed E-state index contributed by atoms with van der Waals surface area (Å²) in [7, 11) is 0. The zero-order chi connectivity index (χ0) is 19.0. The maximum Gasteiger partial charge on any atom is 0.573 e. The predicted octanol–water partition coefficient (Wildman–Crippen LogP) is 4.00. The lowest BCUT2D eigenvalue weighted by Gasteiger charge is -2.08. The van der Waals surface area contributed by atoms with Gasteiger partial charge in [-0.05, 0) is 17.7 Å². The van der Waals surface area contributed by atoms with E-state index in [1.54, 1.807) is 12.1 Å². The largest absolute Gasteiger partial charge is 0.573 e. The fraction of sp³-hybridized carbons (Fsp3) is 0.167. The maximum atomic E-state index is 13.7. The quantitative estimate of drug-likeness (QED) is 0.656. The first-order chi connectivity index (χ1) is 12.3. The van der Waals surface area contributed by atoms with Crippen LogP contribution in [0, 0.1) is 17.7 Å². The third-order valence-corrected chi connectivity index (χ3v) is 2.93. The van der Waals surface area contributed by atoms with E-state index in [1.807, 2.05) is 18.2 Å². The third-order valence-electron chi connectivity index (χ3n) is 2.93. The molecule has 0 heterocycles. The minimum absolute atomic E-state index is 0.0927. The normalized spacial score (nSPS) is 10.5. The van der Waals surface area contributed by atoms with Crippen LogP contribution in [0.15, 0.2) is 48.5 Å². The van der Waals surface area contributed by atoms with Gasteiger partial charge in [-0.15, -0.1) is 13.2 Å². The van der Waals surface area contributed by atoms with E-state index < -0.39 is 24.0 Å². The molecule has 136 valence electrons. The second-order valence-electron chi connectivity index (χ2n) is 4.91. The molecule has 0 fully saturated rings. The van der Waals surface area contributed by atoms with E-state index >= 15 is 0 Å². The van der Waals surface area contributed by atoms with E-state index in [4.69, 9.17) is 4.74 Å². The topological polar surface area (TPSA) is 47.6 Å². The standard InChI is InChI=1S/C18H13F4NO3/c19-16-11-15(26-18(20,21)22)9-8-14(16)7-4-10-23-17(24)25-12-13-5-2-1-3-6-13/h1-3,5-6,8-9,11H,10,12H2,(H,23,24). The van der Waals surface area contributed by atoms with E-state index in [1.165, 1.54) is 0 Å². The molecule has 8 heteroatoms. The molecule has 0 unspecified atom stereocenters. The lowest BCUT2D eigenvalue weighted by molar-refractivity contribution is -0.274. The Morgan fingerprint density at radius 1 is 1.12 bits per heavy atom. The van der Waals surface area contributed by atoms with E-state index in [9.17, 15) is 22.4 Å². The Bertz CT molecular complexity index is 811. The summed E-state index contributed by atoms with van der Waals surface area (Å²) in [6.45, 7) is -0.0245. The Balaban J connectivity index is 1.81. The molecule has 4 nitrogen and oxygen atoms in total. The van der Waals surface area contributed by atoms with Gasteiger partial charge in [0.15, 0.2) is 0 Å². The lowest BCUT2D eigenvalue weighted by Crippen LogP contribution is -2.24. The van der Waals surface area contributed by atoms with Gasteiger partial charge in [0.05, 0.1) is 12.1 Å². The molecule has 0 aromatic heterocycles.